The summed E-state index contributed by atoms with van der Waals surface area (Å²) in [4.78, 5) is 0. The minimum absolute atomic E-state index is 0.191. The highest BCUT2D eigenvalue weighted by Gasteiger charge is 2.19. The first-order valence-corrected chi connectivity index (χ1v) is 7.46. The summed E-state index contributed by atoms with van der Waals surface area (Å²) in [6.07, 6.45) is 3.73. The van der Waals surface area contributed by atoms with Gasteiger partial charge in [-0.05, 0) is 31.9 Å². The van der Waals surface area contributed by atoms with Gasteiger partial charge < -0.3 is 5.32 Å². The molecule has 1 aromatic heterocycles. The molecular weight excluding hydrogens is 270 g/mol. The molecule has 3 nitrogen and oxygen atoms in total. The van der Waals surface area contributed by atoms with Crippen LogP contribution in [-0.4, -0.2) is 16.3 Å². The van der Waals surface area contributed by atoms with Gasteiger partial charge in [-0.2, -0.15) is 5.10 Å². The molecule has 1 unspecified atom stereocenters. The molecule has 1 aromatic carbocycles. The standard InChI is InChI=1S/C16H22ClN3/c1-4-8-18-15(16-14(17)11-19-20(16)3)10-13-7-5-6-12(2)9-13/h5-7,9,11,15,18H,4,8,10H2,1-3H3. The highest BCUT2D eigenvalue weighted by Crippen LogP contribution is 2.25. The van der Waals surface area contributed by atoms with Crippen molar-refractivity contribution in [1.82, 2.24) is 15.1 Å². The van der Waals surface area contributed by atoms with Crippen molar-refractivity contribution in [3.63, 3.8) is 0 Å². The molecule has 4 heteroatoms. The van der Waals surface area contributed by atoms with Gasteiger partial charge in [0.2, 0.25) is 0 Å². The Kier molecular flexibility index (Phi) is 5.21. The van der Waals surface area contributed by atoms with Gasteiger partial charge in [0, 0.05) is 7.05 Å². The number of hydrogen-bond acceptors (Lipinski definition) is 2. The molecular formula is C16H22ClN3. The number of nitrogens with zero attached hydrogens (tertiary/aromatic N) is 2. The Morgan fingerprint density at radius 3 is 2.80 bits per heavy atom. The summed E-state index contributed by atoms with van der Waals surface area (Å²) >= 11 is 6.29. The fourth-order valence-corrected chi connectivity index (χ4v) is 2.77. The molecule has 1 N–H and O–H groups in total. The number of hydrogen-bond donors (Lipinski definition) is 1. The Morgan fingerprint density at radius 2 is 2.20 bits per heavy atom. The summed E-state index contributed by atoms with van der Waals surface area (Å²) in [5.74, 6) is 0. The zero-order valence-electron chi connectivity index (χ0n) is 12.4. The van der Waals surface area contributed by atoms with E-state index in [1.807, 2.05) is 11.7 Å². The second-order valence-electron chi connectivity index (χ2n) is 5.20. The Balaban J connectivity index is 2.24. The Labute approximate surface area is 126 Å². The third-order valence-corrected chi connectivity index (χ3v) is 3.72. The predicted molar refractivity (Wildman–Crippen MR) is 84.1 cm³/mol. The summed E-state index contributed by atoms with van der Waals surface area (Å²) in [6.45, 7) is 5.26. The molecule has 2 rings (SSSR count). The molecule has 0 aliphatic heterocycles. The molecule has 108 valence electrons. The third kappa shape index (κ3) is 3.62. The molecule has 0 fully saturated rings. The lowest BCUT2D eigenvalue weighted by molar-refractivity contribution is 0.493. The molecule has 0 saturated carbocycles. The van der Waals surface area contributed by atoms with Crippen LogP contribution in [0.5, 0.6) is 0 Å². The van der Waals surface area contributed by atoms with Crippen LogP contribution in [0.4, 0.5) is 0 Å². The fourth-order valence-electron chi connectivity index (χ4n) is 2.47. The Morgan fingerprint density at radius 1 is 1.40 bits per heavy atom. The third-order valence-electron chi connectivity index (χ3n) is 3.43. The second kappa shape index (κ2) is 6.91. The van der Waals surface area contributed by atoms with E-state index >= 15 is 0 Å². The first-order valence-electron chi connectivity index (χ1n) is 7.08. The molecule has 0 bridgehead atoms. The van der Waals surface area contributed by atoms with Gasteiger partial charge in [0.25, 0.3) is 0 Å². The molecule has 0 spiro atoms. The zero-order valence-corrected chi connectivity index (χ0v) is 13.1. The highest BCUT2D eigenvalue weighted by atomic mass is 35.5. The molecule has 20 heavy (non-hydrogen) atoms. The van der Waals surface area contributed by atoms with Crippen molar-refractivity contribution in [1.29, 1.82) is 0 Å². The van der Waals surface area contributed by atoms with Gasteiger partial charge in [0.1, 0.15) is 0 Å². The summed E-state index contributed by atoms with van der Waals surface area (Å²) in [5.41, 5.74) is 3.66. The number of halogens is 1. The number of aromatic nitrogens is 2. The Hall–Kier alpha value is -1.32. The average molecular weight is 292 g/mol. The van der Waals surface area contributed by atoms with Crippen LogP contribution in [0.1, 0.15) is 36.2 Å². The maximum absolute atomic E-state index is 6.29. The molecule has 1 atom stereocenters. The highest BCUT2D eigenvalue weighted by molar-refractivity contribution is 6.31. The zero-order chi connectivity index (χ0) is 14.5. The monoisotopic (exact) mass is 291 g/mol. The maximum Gasteiger partial charge on any atom is 0.0834 e. The lowest BCUT2D eigenvalue weighted by Gasteiger charge is -2.20. The summed E-state index contributed by atoms with van der Waals surface area (Å²) < 4.78 is 1.87. The van der Waals surface area contributed by atoms with Crippen LogP contribution < -0.4 is 5.32 Å². The first-order chi connectivity index (χ1) is 9.61. The van der Waals surface area contributed by atoms with Crippen molar-refractivity contribution in [2.24, 2.45) is 7.05 Å². The summed E-state index contributed by atoms with van der Waals surface area (Å²) in [5, 5.41) is 8.56. The molecule has 0 saturated heterocycles. The number of rotatable bonds is 6. The van der Waals surface area contributed by atoms with Crippen molar-refractivity contribution in [3.05, 3.63) is 52.3 Å². The van der Waals surface area contributed by atoms with E-state index < -0.39 is 0 Å². The summed E-state index contributed by atoms with van der Waals surface area (Å²) in [7, 11) is 1.94. The topological polar surface area (TPSA) is 29.9 Å². The first kappa shape index (κ1) is 15.1. The minimum atomic E-state index is 0.191. The van der Waals surface area contributed by atoms with Gasteiger partial charge >= 0.3 is 0 Å². The lowest BCUT2D eigenvalue weighted by Crippen LogP contribution is -2.26. The van der Waals surface area contributed by atoms with Crippen molar-refractivity contribution >= 4 is 11.6 Å². The minimum Gasteiger partial charge on any atom is -0.308 e. The van der Waals surface area contributed by atoms with Crippen LogP contribution in [0.3, 0.4) is 0 Å². The van der Waals surface area contributed by atoms with E-state index in [2.05, 4.69) is 48.5 Å². The van der Waals surface area contributed by atoms with Crippen LogP contribution in [0.25, 0.3) is 0 Å². The van der Waals surface area contributed by atoms with Gasteiger partial charge in [-0.3, -0.25) is 4.68 Å². The SMILES string of the molecule is CCCNC(Cc1cccc(C)c1)c1c(Cl)cnn1C. The van der Waals surface area contributed by atoms with E-state index in [0.717, 1.165) is 30.1 Å². The van der Waals surface area contributed by atoms with Crippen molar-refractivity contribution in [3.8, 4) is 0 Å². The van der Waals surface area contributed by atoms with Crippen LogP contribution >= 0.6 is 11.6 Å². The lowest BCUT2D eigenvalue weighted by atomic mass is 10.0. The van der Waals surface area contributed by atoms with E-state index in [0.29, 0.717) is 0 Å². The molecule has 1 heterocycles. The van der Waals surface area contributed by atoms with Crippen LogP contribution in [-0.2, 0) is 13.5 Å². The Bertz CT molecular complexity index is 543. The second-order valence-corrected chi connectivity index (χ2v) is 5.61. The van der Waals surface area contributed by atoms with Gasteiger partial charge in [-0.25, -0.2) is 0 Å². The van der Waals surface area contributed by atoms with Gasteiger partial charge in [0.05, 0.1) is 23.0 Å². The van der Waals surface area contributed by atoms with Gasteiger partial charge in [-0.15, -0.1) is 0 Å². The largest absolute Gasteiger partial charge is 0.308 e. The molecule has 0 aliphatic carbocycles. The van der Waals surface area contributed by atoms with E-state index in [9.17, 15) is 0 Å². The van der Waals surface area contributed by atoms with E-state index in [1.54, 1.807) is 6.20 Å². The van der Waals surface area contributed by atoms with Gasteiger partial charge in [-0.1, -0.05) is 48.4 Å². The fraction of sp³-hybridized carbons (Fsp3) is 0.438. The molecule has 0 aliphatic rings. The number of nitrogens with one attached hydrogen (secondary N) is 1. The smallest absolute Gasteiger partial charge is 0.0834 e. The van der Waals surface area contributed by atoms with Crippen molar-refractivity contribution < 1.29 is 0 Å². The van der Waals surface area contributed by atoms with Gasteiger partial charge in [0.15, 0.2) is 0 Å². The van der Waals surface area contributed by atoms with Crippen molar-refractivity contribution in [2.75, 3.05) is 6.54 Å². The van der Waals surface area contributed by atoms with Crippen molar-refractivity contribution in [2.45, 2.75) is 32.7 Å². The van der Waals surface area contributed by atoms with Crippen LogP contribution in [0.15, 0.2) is 30.5 Å². The van der Waals surface area contributed by atoms with E-state index in [-0.39, 0.29) is 6.04 Å². The quantitative estimate of drug-likeness (QED) is 0.880. The summed E-state index contributed by atoms with van der Waals surface area (Å²) in [6, 6.07) is 8.81. The predicted octanol–water partition coefficient (Wildman–Crippen LogP) is 3.67. The molecule has 0 radical (unpaired) electrons. The van der Waals surface area contributed by atoms with E-state index in [4.69, 9.17) is 11.6 Å². The number of aryl methyl sites for hydroxylation is 2. The van der Waals surface area contributed by atoms with Crippen LogP contribution in [0.2, 0.25) is 5.02 Å². The maximum atomic E-state index is 6.29. The van der Waals surface area contributed by atoms with E-state index in [1.165, 1.54) is 11.1 Å². The number of benzene rings is 1. The average Bonchev–Trinajstić information content (AvgIpc) is 2.74. The normalized spacial score (nSPS) is 12.6. The molecule has 2 aromatic rings. The van der Waals surface area contributed by atoms with Crippen LogP contribution in [0, 0.1) is 6.92 Å². The molecule has 0 amide bonds.